The largest absolute Gasteiger partial charge is 0.463 e. The summed E-state index contributed by atoms with van der Waals surface area (Å²) in [6.45, 7) is 3.73. The van der Waals surface area contributed by atoms with Crippen LogP contribution in [0.3, 0.4) is 0 Å². The number of pyridine rings is 1. The molecule has 0 aromatic carbocycles. The molecule has 0 aliphatic carbocycles. The zero-order valence-electron chi connectivity index (χ0n) is 16.4. The molecule has 1 aliphatic heterocycles. The lowest BCUT2D eigenvalue weighted by Crippen LogP contribution is -2.34. The van der Waals surface area contributed by atoms with Crippen LogP contribution in [-0.2, 0) is 4.79 Å². The Labute approximate surface area is 168 Å². The van der Waals surface area contributed by atoms with Gasteiger partial charge in [-0.05, 0) is 44.4 Å². The number of amides is 2. The van der Waals surface area contributed by atoms with Crippen LogP contribution >= 0.6 is 0 Å². The zero-order chi connectivity index (χ0) is 20.2. The SMILES string of the molecule is Cc1noc2nc(-c3ccco3)cc(C(=O)NCCCN3CCCCCC3=O)c12. The predicted octanol–water partition coefficient (Wildman–Crippen LogP) is 3.31. The highest BCUT2D eigenvalue weighted by molar-refractivity contribution is 6.06. The van der Waals surface area contributed by atoms with E-state index in [2.05, 4.69) is 15.5 Å². The topological polar surface area (TPSA) is 101 Å². The van der Waals surface area contributed by atoms with Gasteiger partial charge in [-0.1, -0.05) is 11.6 Å². The normalized spacial score (nSPS) is 14.9. The summed E-state index contributed by atoms with van der Waals surface area (Å²) < 4.78 is 10.7. The molecule has 29 heavy (non-hydrogen) atoms. The van der Waals surface area contributed by atoms with Crippen molar-refractivity contribution < 1.29 is 18.5 Å². The van der Waals surface area contributed by atoms with Gasteiger partial charge >= 0.3 is 0 Å². The lowest BCUT2D eigenvalue weighted by Gasteiger charge is -2.20. The van der Waals surface area contributed by atoms with E-state index in [1.165, 1.54) is 0 Å². The monoisotopic (exact) mass is 396 g/mol. The molecule has 1 N–H and O–H groups in total. The first-order valence-corrected chi connectivity index (χ1v) is 10.0. The highest BCUT2D eigenvalue weighted by Gasteiger charge is 2.20. The third-order valence-electron chi connectivity index (χ3n) is 5.20. The van der Waals surface area contributed by atoms with E-state index in [4.69, 9.17) is 8.94 Å². The van der Waals surface area contributed by atoms with E-state index in [1.807, 2.05) is 4.90 Å². The molecule has 1 saturated heterocycles. The van der Waals surface area contributed by atoms with Crippen LogP contribution in [0.5, 0.6) is 0 Å². The van der Waals surface area contributed by atoms with Crippen molar-refractivity contribution >= 4 is 22.9 Å². The predicted molar refractivity (Wildman–Crippen MR) is 106 cm³/mol. The van der Waals surface area contributed by atoms with Gasteiger partial charge in [0.25, 0.3) is 11.6 Å². The smallest absolute Gasteiger partial charge is 0.259 e. The van der Waals surface area contributed by atoms with Gasteiger partial charge < -0.3 is 19.2 Å². The van der Waals surface area contributed by atoms with Crippen molar-refractivity contribution in [3.63, 3.8) is 0 Å². The van der Waals surface area contributed by atoms with E-state index in [0.29, 0.717) is 59.7 Å². The van der Waals surface area contributed by atoms with Gasteiger partial charge in [0.2, 0.25) is 5.91 Å². The first kappa shape index (κ1) is 19.2. The Morgan fingerprint density at radius 3 is 3.03 bits per heavy atom. The average molecular weight is 396 g/mol. The highest BCUT2D eigenvalue weighted by atomic mass is 16.5. The molecule has 2 amide bonds. The molecule has 0 unspecified atom stereocenters. The fraction of sp³-hybridized carbons (Fsp3) is 0.429. The maximum absolute atomic E-state index is 12.9. The van der Waals surface area contributed by atoms with Crippen LogP contribution in [-0.4, -0.2) is 46.5 Å². The van der Waals surface area contributed by atoms with Crippen LogP contribution in [0, 0.1) is 6.92 Å². The Bertz CT molecular complexity index is 1010. The molecule has 8 nitrogen and oxygen atoms in total. The Hall–Kier alpha value is -3.16. The fourth-order valence-electron chi connectivity index (χ4n) is 3.67. The summed E-state index contributed by atoms with van der Waals surface area (Å²) >= 11 is 0. The van der Waals surface area contributed by atoms with Crippen LogP contribution in [0.25, 0.3) is 22.6 Å². The third-order valence-corrected chi connectivity index (χ3v) is 5.20. The number of carbonyl (C=O) groups excluding carboxylic acids is 2. The molecule has 3 aromatic rings. The molecular formula is C21H24N4O4. The first-order valence-electron chi connectivity index (χ1n) is 10.0. The second-order valence-electron chi connectivity index (χ2n) is 7.28. The number of nitrogens with zero attached hydrogens (tertiary/aromatic N) is 3. The Balaban J connectivity index is 1.45. The van der Waals surface area contributed by atoms with E-state index in [-0.39, 0.29) is 11.8 Å². The molecule has 0 radical (unpaired) electrons. The third kappa shape index (κ3) is 4.16. The number of rotatable bonds is 6. The van der Waals surface area contributed by atoms with Gasteiger partial charge in [-0.3, -0.25) is 9.59 Å². The quantitative estimate of drug-likeness (QED) is 0.642. The molecule has 3 aromatic heterocycles. The van der Waals surface area contributed by atoms with E-state index >= 15 is 0 Å². The van der Waals surface area contributed by atoms with Crippen molar-refractivity contribution in [2.45, 2.75) is 39.0 Å². The van der Waals surface area contributed by atoms with Crippen molar-refractivity contribution in [3.8, 4) is 11.5 Å². The molecular weight excluding hydrogens is 372 g/mol. The Kier molecular flexibility index (Phi) is 5.59. The summed E-state index contributed by atoms with van der Waals surface area (Å²) in [6, 6.07) is 5.23. The van der Waals surface area contributed by atoms with Crippen LogP contribution in [0.15, 0.2) is 33.4 Å². The van der Waals surface area contributed by atoms with Crippen molar-refractivity contribution in [2.75, 3.05) is 19.6 Å². The van der Waals surface area contributed by atoms with Crippen LogP contribution in [0.4, 0.5) is 0 Å². The molecule has 4 heterocycles. The van der Waals surface area contributed by atoms with Gasteiger partial charge in [-0.2, -0.15) is 0 Å². The summed E-state index contributed by atoms with van der Waals surface area (Å²) in [5.74, 6) is 0.543. The van der Waals surface area contributed by atoms with Crippen molar-refractivity contribution in [2.24, 2.45) is 0 Å². The number of aromatic nitrogens is 2. The summed E-state index contributed by atoms with van der Waals surface area (Å²) in [7, 11) is 0. The summed E-state index contributed by atoms with van der Waals surface area (Å²) in [4.78, 5) is 31.3. The van der Waals surface area contributed by atoms with Gasteiger partial charge in [0.1, 0.15) is 5.69 Å². The average Bonchev–Trinajstić information content (AvgIpc) is 3.34. The second-order valence-corrected chi connectivity index (χ2v) is 7.28. The van der Waals surface area contributed by atoms with Crippen LogP contribution < -0.4 is 5.32 Å². The van der Waals surface area contributed by atoms with Crippen LogP contribution in [0.1, 0.15) is 48.2 Å². The van der Waals surface area contributed by atoms with Crippen molar-refractivity contribution in [3.05, 3.63) is 35.7 Å². The molecule has 8 heteroatoms. The minimum absolute atomic E-state index is 0.216. The maximum Gasteiger partial charge on any atom is 0.259 e. The molecule has 152 valence electrons. The first-order chi connectivity index (χ1) is 14.1. The Morgan fingerprint density at radius 1 is 1.31 bits per heavy atom. The number of likely N-dealkylation sites (tertiary alicyclic amines) is 1. The molecule has 0 saturated carbocycles. The Morgan fingerprint density at radius 2 is 2.21 bits per heavy atom. The van der Waals surface area contributed by atoms with Gasteiger partial charge in [0, 0.05) is 26.1 Å². The zero-order valence-corrected chi connectivity index (χ0v) is 16.4. The standard InChI is InChI=1S/C21H24N4O4/c1-14-19-15(13-16(17-7-5-12-28-17)23-21(19)29-24-14)20(27)22-9-6-11-25-10-4-2-3-8-18(25)26/h5,7,12-13H,2-4,6,8-11H2,1H3,(H,22,27). The molecule has 4 rings (SSSR count). The fourth-order valence-corrected chi connectivity index (χ4v) is 3.67. The van der Waals surface area contributed by atoms with Crippen molar-refractivity contribution in [1.29, 1.82) is 0 Å². The van der Waals surface area contributed by atoms with Gasteiger partial charge in [0.15, 0.2) is 5.76 Å². The van der Waals surface area contributed by atoms with Gasteiger partial charge in [-0.25, -0.2) is 4.98 Å². The van der Waals surface area contributed by atoms with E-state index in [9.17, 15) is 9.59 Å². The molecule has 0 bridgehead atoms. The van der Waals surface area contributed by atoms with E-state index < -0.39 is 0 Å². The molecule has 1 aliphatic rings. The number of carbonyl (C=O) groups is 2. The van der Waals surface area contributed by atoms with E-state index in [0.717, 1.165) is 25.8 Å². The number of nitrogens with one attached hydrogen (secondary N) is 1. The molecule has 0 atom stereocenters. The minimum Gasteiger partial charge on any atom is -0.463 e. The lowest BCUT2D eigenvalue weighted by molar-refractivity contribution is -0.130. The number of hydrogen-bond donors (Lipinski definition) is 1. The van der Waals surface area contributed by atoms with Gasteiger partial charge in [0.05, 0.1) is 22.9 Å². The number of hydrogen-bond acceptors (Lipinski definition) is 6. The van der Waals surface area contributed by atoms with Crippen molar-refractivity contribution in [1.82, 2.24) is 20.4 Å². The summed E-state index contributed by atoms with van der Waals surface area (Å²) in [6.07, 6.45) is 6.02. The summed E-state index contributed by atoms with van der Waals surface area (Å²) in [5, 5.41) is 7.49. The molecule has 0 spiro atoms. The number of aryl methyl sites for hydroxylation is 1. The number of fused-ring (bicyclic) bond motifs is 1. The lowest BCUT2D eigenvalue weighted by atomic mass is 10.1. The summed E-state index contributed by atoms with van der Waals surface area (Å²) in [5.41, 5.74) is 1.88. The highest BCUT2D eigenvalue weighted by Crippen LogP contribution is 2.27. The van der Waals surface area contributed by atoms with E-state index in [1.54, 1.807) is 31.4 Å². The minimum atomic E-state index is -0.223. The maximum atomic E-state index is 12.9. The van der Waals surface area contributed by atoms with Crippen LogP contribution in [0.2, 0.25) is 0 Å². The second kappa shape index (κ2) is 8.46. The number of furan rings is 1. The van der Waals surface area contributed by atoms with Gasteiger partial charge in [-0.15, -0.1) is 0 Å². The molecule has 1 fully saturated rings.